The number of hydrogen-bond acceptors (Lipinski definition) is 7. The summed E-state index contributed by atoms with van der Waals surface area (Å²) in [4.78, 5) is 30.9. The monoisotopic (exact) mass is 553 g/mol. The zero-order valence-electron chi connectivity index (χ0n) is 20.3. The van der Waals surface area contributed by atoms with Gasteiger partial charge in [-0.1, -0.05) is 29.8 Å². The smallest absolute Gasteiger partial charge is 0.255 e. The number of carbonyl (C=O) groups excluding carboxylic acids is 2. The van der Waals surface area contributed by atoms with Crippen LogP contribution in [-0.2, 0) is 4.79 Å². The van der Waals surface area contributed by atoms with Gasteiger partial charge in [-0.25, -0.2) is 4.98 Å². The van der Waals surface area contributed by atoms with Gasteiger partial charge in [-0.15, -0.1) is 23.1 Å². The van der Waals surface area contributed by atoms with Gasteiger partial charge in [0.15, 0.2) is 16.6 Å². The number of carbonyl (C=O) groups is 2. The summed E-state index contributed by atoms with van der Waals surface area (Å²) in [7, 11) is 3.06. The van der Waals surface area contributed by atoms with E-state index >= 15 is 0 Å². The van der Waals surface area contributed by atoms with E-state index in [-0.39, 0.29) is 17.1 Å². The second-order valence-corrected chi connectivity index (χ2v) is 10.6. The van der Waals surface area contributed by atoms with Gasteiger partial charge < -0.3 is 20.1 Å². The van der Waals surface area contributed by atoms with E-state index in [1.807, 2.05) is 42.6 Å². The lowest BCUT2D eigenvalue weighted by Gasteiger charge is -2.12. The number of aromatic nitrogens is 1. The molecule has 0 saturated heterocycles. The Hall–Kier alpha value is -3.53. The number of anilines is 2. The first-order valence-corrected chi connectivity index (χ1v) is 13.3. The fourth-order valence-corrected chi connectivity index (χ4v) is 5.15. The van der Waals surface area contributed by atoms with Gasteiger partial charge >= 0.3 is 0 Å². The molecule has 0 saturated carbocycles. The summed E-state index contributed by atoms with van der Waals surface area (Å²) in [5, 5.41) is 8.45. The van der Waals surface area contributed by atoms with Gasteiger partial charge in [0.25, 0.3) is 5.91 Å². The normalized spacial score (nSPS) is 11.5. The second-order valence-electron chi connectivity index (χ2n) is 7.85. The van der Waals surface area contributed by atoms with Crippen LogP contribution in [0.25, 0.3) is 11.3 Å². The third-order valence-electron chi connectivity index (χ3n) is 5.29. The van der Waals surface area contributed by atoms with E-state index < -0.39 is 0 Å². The molecule has 37 heavy (non-hydrogen) atoms. The van der Waals surface area contributed by atoms with Gasteiger partial charge in [-0.05, 0) is 55.5 Å². The summed E-state index contributed by atoms with van der Waals surface area (Å²) in [5.41, 5.74) is 2.75. The summed E-state index contributed by atoms with van der Waals surface area (Å²) >= 11 is 8.70. The third-order valence-corrected chi connectivity index (χ3v) is 7.40. The lowest BCUT2D eigenvalue weighted by atomic mass is 10.2. The maximum Gasteiger partial charge on any atom is 0.255 e. The summed E-state index contributed by atoms with van der Waals surface area (Å²) in [5.74, 6) is 0.569. The minimum Gasteiger partial charge on any atom is -0.493 e. The first kappa shape index (κ1) is 26.5. The molecule has 0 aliphatic rings. The minimum absolute atomic E-state index is 0.165. The van der Waals surface area contributed by atoms with Crippen molar-refractivity contribution in [1.29, 1.82) is 0 Å². The fraction of sp³-hybridized carbons (Fsp3) is 0.148. The van der Waals surface area contributed by atoms with Crippen molar-refractivity contribution in [3.63, 3.8) is 0 Å². The molecule has 0 fully saturated rings. The van der Waals surface area contributed by atoms with Gasteiger partial charge in [0, 0.05) is 32.1 Å². The fourth-order valence-electron chi connectivity index (χ4n) is 3.38. The minimum atomic E-state index is -0.389. The highest BCUT2D eigenvalue weighted by Gasteiger charge is 2.17. The number of rotatable bonds is 9. The molecule has 190 valence electrons. The molecule has 2 N–H and O–H groups in total. The van der Waals surface area contributed by atoms with E-state index in [0.29, 0.717) is 32.9 Å². The molecule has 0 aliphatic carbocycles. The molecule has 10 heteroatoms. The van der Waals surface area contributed by atoms with Crippen LogP contribution in [0.4, 0.5) is 10.8 Å². The number of halogens is 1. The molecule has 0 aliphatic heterocycles. The molecule has 4 rings (SSSR count). The lowest BCUT2D eigenvalue weighted by Crippen LogP contribution is -2.22. The van der Waals surface area contributed by atoms with Gasteiger partial charge in [0.2, 0.25) is 5.91 Å². The van der Waals surface area contributed by atoms with Crippen LogP contribution in [0.15, 0.2) is 77.0 Å². The van der Waals surface area contributed by atoms with Crippen molar-refractivity contribution in [2.24, 2.45) is 0 Å². The summed E-state index contributed by atoms with van der Waals surface area (Å²) in [6.45, 7) is 1.82. The lowest BCUT2D eigenvalue weighted by molar-refractivity contribution is -0.115. The van der Waals surface area contributed by atoms with Crippen molar-refractivity contribution in [1.82, 2.24) is 4.98 Å². The standard InChI is InChI=1S/C27H24ClN3O4S2/c1-16(25(32)31-27-30-22(15-36-27)17-7-10-19(28)11-8-17)37-21-6-4-5-20(14-21)29-26(33)18-9-12-23(34-2)24(13-18)35-3/h4-16H,1-3H3,(H,29,33)(H,30,31,32). The Kier molecular flexibility index (Phi) is 8.70. The van der Waals surface area contributed by atoms with E-state index in [1.165, 1.54) is 37.3 Å². The predicted octanol–water partition coefficient (Wildman–Crippen LogP) is 6.85. The van der Waals surface area contributed by atoms with Gasteiger partial charge in [-0.2, -0.15) is 0 Å². The van der Waals surface area contributed by atoms with Gasteiger partial charge in [0.05, 0.1) is 25.2 Å². The third kappa shape index (κ3) is 6.82. The number of hydrogen-bond donors (Lipinski definition) is 2. The van der Waals surface area contributed by atoms with Crippen LogP contribution in [0.1, 0.15) is 17.3 Å². The number of methoxy groups -OCH3 is 2. The van der Waals surface area contributed by atoms with Crippen molar-refractivity contribution >= 4 is 57.3 Å². The summed E-state index contributed by atoms with van der Waals surface area (Å²) < 4.78 is 10.5. The molecule has 1 unspecified atom stereocenters. The van der Waals surface area contributed by atoms with E-state index in [2.05, 4.69) is 15.6 Å². The Morgan fingerprint density at radius 2 is 1.73 bits per heavy atom. The first-order valence-electron chi connectivity index (χ1n) is 11.2. The molecule has 1 aromatic heterocycles. The zero-order chi connectivity index (χ0) is 26.4. The predicted molar refractivity (Wildman–Crippen MR) is 150 cm³/mol. The molecule has 1 atom stereocenters. The van der Waals surface area contributed by atoms with E-state index in [0.717, 1.165) is 16.2 Å². The van der Waals surface area contributed by atoms with E-state index in [1.54, 1.807) is 36.4 Å². The molecule has 7 nitrogen and oxygen atoms in total. The van der Waals surface area contributed by atoms with Crippen LogP contribution < -0.4 is 20.1 Å². The van der Waals surface area contributed by atoms with Crippen LogP contribution in [0, 0.1) is 0 Å². The number of nitrogens with one attached hydrogen (secondary N) is 2. The summed E-state index contributed by atoms with van der Waals surface area (Å²) in [6, 6.07) is 19.7. The number of thioether (sulfide) groups is 1. The molecule has 0 radical (unpaired) electrons. The number of ether oxygens (including phenoxy) is 2. The maximum atomic E-state index is 12.8. The molecule has 4 aromatic rings. The number of benzene rings is 3. The molecular formula is C27H24ClN3O4S2. The Balaban J connectivity index is 1.36. The van der Waals surface area contributed by atoms with E-state index in [4.69, 9.17) is 21.1 Å². The topological polar surface area (TPSA) is 89.5 Å². The van der Waals surface area contributed by atoms with Crippen molar-refractivity contribution in [2.45, 2.75) is 17.1 Å². The average molecular weight is 554 g/mol. The highest BCUT2D eigenvalue weighted by Crippen LogP contribution is 2.30. The van der Waals surface area contributed by atoms with Crippen molar-refractivity contribution in [2.75, 3.05) is 24.9 Å². The highest BCUT2D eigenvalue weighted by atomic mass is 35.5. The van der Waals surface area contributed by atoms with Crippen LogP contribution in [0.5, 0.6) is 11.5 Å². The highest BCUT2D eigenvalue weighted by molar-refractivity contribution is 8.00. The molecule has 0 spiro atoms. The van der Waals surface area contributed by atoms with Gasteiger partial charge in [-0.3, -0.25) is 9.59 Å². The molecule has 0 bridgehead atoms. The van der Waals surface area contributed by atoms with Gasteiger partial charge in [0.1, 0.15) is 0 Å². The first-order chi connectivity index (χ1) is 17.9. The molecule has 3 aromatic carbocycles. The molecular weight excluding hydrogens is 530 g/mol. The quantitative estimate of drug-likeness (QED) is 0.220. The van der Waals surface area contributed by atoms with Crippen molar-refractivity contribution in [3.8, 4) is 22.8 Å². The second kappa shape index (κ2) is 12.1. The van der Waals surface area contributed by atoms with Crippen molar-refractivity contribution in [3.05, 3.63) is 82.7 Å². The zero-order valence-corrected chi connectivity index (χ0v) is 22.7. The average Bonchev–Trinajstić information content (AvgIpc) is 3.37. The Morgan fingerprint density at radius 3 is 2.46 bits per heavy atom. The Bertz CT molecular complexity index is 1410. The number of amides is 2. The molecule has 2 amide bonds. The number of nitrogens with zero attached hydrogens (tertiary/aromatic N) is 1. The summed E-state index contributed by atoms with van der Waals surface area (Å²) in [6.07, 6.45) is 0. The van der Waals surface area contributed by atoms with Crippen LogP contribution in [0.3, 0.4) is 0 Å². The van der Waals surface area contributed by atoms with Crippen LogP contribution in [0.2, 0.25) is 5.02 Å². The van der Waals surface area contributed by atoms with Crippen LogP contribution in [-0.4, -0.2) is 36.3 Å². The molecule has 1 heterocycles. The maximum absolute atomic E-state index is 12.8. The number of thiazole rings is 1. The Morgan fingerprint density at radius 1 is 0.973 bits per heavy atom. The van der Waals surface area contributed by atoms with E-state index in [9.17, 15) is 9.59 Å². The van der Waals surface area contributed by atoms with Crippen LogP contribution >= 0.6 is 34.7 Å². The largest absolute Gasteiger partial charge is 0.493 e. The SMILES string of the molecule is COc1ccc(C(=O)Nc2cccc(SC(C)C(=O)Nc3nc(-c4ccc(Cl)cc4)cs3)c2)cc1OC. The Labute approximate surface area is 228 Å². The van der Waals surface area contributed by atoms with Crippen molar-refractivity contribution < 1.29 is 19.1 Å².